The molecule has 0 heterocycles. The maximum absolute atomic E-state index is 11.8. The second-order valence-corrected chi connectivity index (χ2v) is 3.88. The summed E-state index contributed by atoms with van der Waals surface area (Å²) in [5.41, 5.74) is 2.02. The van der Waals surface area contributed by atoms with Gasteiger partial charge >= 0.3 is 6.18 Å². The third-order valence-electron chi connectivity index (χ3n) is 2.21. The van der Waals surface area contributed by atoms with Crippen LogP contribution in [0.1, 0.15) is 17.5 Å². The lowest BCUT2D eigenvalue weighted by molar-refractivity contribution is -0.138. The average molecular weight is 245 g/mol. The lowest BCUT2D eigenvalue weighted by Gasteiger charge is -2.08. The molecule has 1 rings (SSSR count). The number of hydrogen-bond donors (Lipinski definition) is 1. The van der Waals surface area contributed by atoms with Crippen LogP contribution in [0.2, 0.25) is 0 Å². The maximum atomic E-state index is 11.8. The van der Waals surface area contributed by atoms with Crippen molar-refractivity contribution in [1.82, 2.24) is 5.32 Å². The first-order valence-electron chi connectivity index (χ1n) is 5.26. The molecule has 0 fully saturated rings. The van der Waals surface area contributed by atoms with E-state index in [9.17, 15) is 18.0 Å². The number of nitrogens with one attached hydrogen (secondary N) is 1. The van der Waals surface area contributed by atoms with E-state index < -0.39 is 18.6 Å². The first-order valence-corrected chi connectivity index (χ1v) is 5.26. The van der Waals surface area contributed by atoms with Crippen molar-refractivity contribution in [2.75, 3.05) is 6.54 Å². The highest BCUT2D eigenvalue weighted by Crippen LogP contribution is 2.12. The lowest BCUT2D eigenvalue weighted by Crippen LogP contribution is -2.33. The smallest absolute Gasteiger partial charge is 0.347 e. The third kappa shape index (κ3) is 5.94. The van der Waals surface area contributed by atoms with Gasteiger partial charge in [0.1, 0.15) is 6.54 Å². The molecule has 0 aliphatic rings. The van der Waals surface area contributed by atoms with E-state index in [2.05, 4.69) is 0 Å². The Labute approximate surface area is 97.8 Å². The standard InChI is InChI=1S/C12H14F3NO/c1-9-3-2-4-10(7-9)5-6-11(17)16-8-12(13,14)15/h2-4,7H,5-6,8H2,1H3,(H,16,17). The number of carbonyl (C=O) groups is 1. The fourth-order valence-corrected chi connectivity index (χ4v) is 1.41. The number of benzene rings is 1. The molecule has 2 nitrogen and oxygen atoms in total. The molecule has 0 saturated carbocycles. The van der Waals surface area contributed by atoms with Gasteiger partial charge in [0, 0.05) is 6.42 Å². The molecule has 0 aromatic heterocycles. The molecular formula is C12H14F3NO. The molecule has 1 N–H and O–H groups in total. The molecule has 0 aliphatic carbocycles. The average Bonchev–Trinajstić information content (AvgIpc) is 2.23. The second kappa shape index (κ2) is 5.70. The Morgan fingerprint density at radius 1 is 1.35 bits per heavy atom. The minimum absolute atomic E-state index is 0.0690. The van der Waals surface area contributed by atoms with Crippen molar-refractivity contribution in [1.29, 1.82) is 0 Å². The van der Waals surface area contributed by atoms with E-state index in [0.717, 1.165) is 11.1 Å². The molecular weight excluding hydrogens is 231 g/mol. The van der Waals surface area contributed by atoms with Gasteiger partial charge in [-0.1, -0.05) is 29.8 Å². The van der Waals surface area contributed by atoms with Gasteiger partial charge in [0.25, 0.3) is 0 Å². The predicted molar refractivity (Wildman–Crippen MR) is 58.6 cm³/mol. The summed E-state index contributed by atoms with van der Waals surface area (Å²) in [4.78, 5) is 11.1. The van der Waals surface area contributed by atoms with E-state index in [1.807, 2.05) is 36.5 Å². The van der Waals surface area contributed by atoms with Crippen LogP contribution in [0.4, 0.5) is 13.2 Å². The molecule has 0 aliphatic heterocycles. The van der Waals surface area contributed by atoms with Crippen LogP contribution in [0.3, 0.4) is 0 Å². The van der Waals surface area contributed by atoms with Crippen LogP contribution >= 0.6 is 0 Å². The number of alkyl halides is 3. The van der Waals surface area contributed by atoms with Gasteiger partial charge < -0.3 is 5.32 Å². The van der Waals surface area contributed by atoms with Crippen LogP contribution in [-0.2, 0) is 11.2 Å². The van der Waals surface area contributed by atoms with Crippen LogP contribution in [0.25, 0.3) is 0 Å². The molecule has 1 aromatic rings. The fourth-order valence-electron chi connectivity index (χ4n) is 1.41. The Balaban J connectivity index is 2.33. The van der Waals surface area contributed by atoms with E-state index in [4.69, 9.17) is 0 Å². The maximum Gasteiger partial charge on any atom is 0.405 e. The highest BCUT2D eigenvalue weighted by molar-refractivity contribution is 5.76. The van der Waals surface area contributed by atoms with E-state index in [1.54, 1.807) is 0 Å². The zero-order valence-corrected chi connectivity index (χ0v) is 9.47. The Morgan fingerprint density at radius 2 is 2.06 bits per heavy atom. The van der Waals surface area contributed by atoms with Gasteiger partial charge in [0.15, 0.2) is 0 Å². The van der Waals surface area contributed by atoms with Gasteiger partial charge in [-0.15, -0.1) is 0 Å². The number of aryl methyl sites for hydroxylation is 2. The Bertz CT molecular complexity index is 388. The van der Waals surface area contributed by atoms with E-state index in [1.165, 1.54) is 0 Å². The zero-order valence-electron chi connectivity index (χ0n) is 9.47. The summed E-state index contributed by atoms with van der Waals surface area (Å²) >= 11 is 0. The highest BCUT2D eigenvalue weighted by atomic mass is 19.4. The molecule has 5 heteroatoms. The molecule has 0 saturated heterocycles. The van der Waals surface area contributed by atoms with Gasteiger partial charge in [-0.25, -0.2) is 0 Å². The van der Waals surface area contributed by atoms with Crippen molar-refractivity contribution in [3.63, 3.8) is 0 Å². The summed E-state index contributed by atoms with van der Waals surface area (Å²) < 4.78 is 35.5. The SMILES string of the molecule is Cc1cccc(CCC(=O)NCC(F)(F)F)c1. The largest absolute Gasteiger partial charge is 0.405 e. The second-order valence-electron chi connectivity index (χ2n) is 3.88. The quantitative estimate of drug-likeness (QED) is 0.868. The van der Waals surface area contributed by atoms with Crippen molar-refractivity contribution in [2.24, 2.45) is 0 Å². The van der Waals surface area contributed by atoms with Gasteiger partial charge in [-0.2, -0.15) is 13.2 Å². The van der Waals surface area contributed by atoms with Crippen molar-refractivity contribution in [2.45, 2.75) is 25.9 Å². The van der Waals surface area contributed by atoms with Crippen molar-refractivity contribution in [3.8, 4) is 0 Å². The van der Waals surface area contributed by atoms with Crippen LogP contribution < -0.4 is 5.32 Å². The van der Waals surface area contributed by atoms with Crippen molar-refractivity contribution >= 4 is 5.91 Å². The topological polar surface area (TPSA) is 29.1 Å². The number of halogens is 3. The summed E-state index contributed by atoms with van der Waals surface area (Å²) in [5, 5.41) is 1.84. The van der Waals surface area contributed by atoms with Crippen molar-refractivity contribution < 1.29 is 18.0 Å². The molecule has 0 spiro atoms. The molecule has 0 atom stereocenters. The molecule has 1 aromatic carbocycles. The molecule has 0 radical (unpaired) electrons. The highest BCUT2D eigenvalue weighted by Gasteiger charge is 2.27. The van der Waals surface area contributed by atoms with E-state index in [-0.39, 0.29) is 6.42 Å². The first kappa shape index (κ1) is 13.5. The number of rotatable bonds is 4. The van der Waals surface area contributed by atoms with Gasteiger partial charge in [-0.3, -0.25) is 4.79 Å². The Hall–Kier alpha value is -1.52. The van der Waals surface area contributed by atoms with Crippen LogP contribution in [0.5, 0.6) is 0 Å². The van der Waals surface area contributed by atoms with Gasteiger partial charge in [-0.05, 0) is 18.9 Å². The normalized spacial score (nSPS) is 11.3. The minimum Gasteiger partial charge on any atom is -0.347 e. The number of amides is 1. The Morgan fingerprint density at radius 3 is 2.65 bits per heavy atom. The summed E-state index contributed by atoms with van der Waals surface area (Å²) in [6, 6.07) is 7.55. The third-order valence-corrected chi connectivity index (χ3v) is 2.21. The molecule has 17 heavy (non-hydrogen) atoms. The Kier molecular flexibility index (Phi) is 4.54. The number of carbonyl (C=O) groups excluding carboxylic acids is 1. The molecule has 1 amide bonds. The first-order chi connectivity index (χ1) is 7.87. The van der Waals surface area contributed by atoms with E-state index in [0.29, 0.717) is 6.42 Å². The van der Waals surface area contributed by atoms with E-state index >= 15 is 0 Å². The molecule has 0 unspecified atom stereocenters. The van der Waals surface area contributed by atoms with Gasteiger partial charge in [0.05, 0.1) is 0 Å². The van der Waals surface area contributed by atoms with Crippen LogP contribution in [0.15, 0.2) is 24.3 Å². The summed E-state index contributed by atoms with van der Waals surface area (Å²) in [5.74, 6) is -0.580. The number of hydrogen-bond acceptors (Lipinski definition) is 1. The monoisotopic (exact) mass is 245 g/mol. The summed E-state index contributed by atoms with van der Waals surface area (Å²) in [6.45, 7) is 0.660. The fraction of sp³-hybridized carbons (Fsp3) is 0.417. The molecule has 94 valence electrons. The predicted octanol–water partition coefficient (Wildman–Crippen LogP) is 2.61. The van der Waals surface area contributed by atoms with Crippen molar-refractivity contribution in [3.05, 3.63) is 35.4 Å². The summed E-state index contributed by atoms with van der Waals surface area (Å²) in [6.07, 6.45) is -3.83. The van der Waals surface area contributed by atoms with Crippen LogP contribution in [0, 0.1) is 6.92 Å². The molecule has 0 bridgehead atoms. The minimum atomic E-state index is -4.35. The van der Waals surface area contributed by atoms with Gasteiger partial charge in [0.2, 0.25) is 5.91 Å². The lowest BCUT2D eigenvalue weighted by atomic mass is 10.1. The summed E-state index contributed by atoms with van der Waals surface area (Å²) in [7, 11) is 0. The zero-order chi connectivity index (χ0) is 12.9. The van der Waals surface area contributed by atoms with Crippen LogP contribution in [-0.4, -0.2) is 18.6 Å².